The number of alkyl halides is 3. The average molecular weight is 411 g/mol. The lowest BCUT2D eigenvalue weighted by molar-refractivity contribution is -0.137. The molecule has 2 aromatic rings. The van der Waals surface area contributed by atoms with Crippen molar-refractivity contribution in [2.45, 2.75) is 32.1 Å². The summed E-state index contributed by atoms with van der Waals surface area (Å²) in [4.78, 5) is 14.7. The fraction of sp³-hybridized carbons (Fsp3) is 0.381. The summed E-state index contributed by atoms with van der Waals surface area (Å²) in [7, 11) is 0. The Morgan fingerprint density at radius 2 is 1.75 bits per heavy atom. The molecule has 0 aliphatic carbocycles. The molecule has 1 aliphatic rings. The van der Waals surface area contributed by atoms with Gasteiger partial charge in [-0.2, -0.15) is 13.2 Å². The number of amides is 1. The molecule has 3 rings (SSSR count). The van der Waals surface area contributed by atoms with E-state index in [2.05, 4.69) is 22.3 Å². The number of carbonyl (C=O) groups is 1. The minimum Gasteiger partial charge on any atom is -0.352 e. The number of likely N-dealkylation sites (tertiary alicyclic amines) is 1. The average Bonchev–Trinajstić information content (AvgIpc) is 2.67. The van der Waals surface area contributed by atoms with Crippen molar-refractivity contribution in [3.05, 3.63) is 70.2 Å². The van der Waals surface area contributed by atoms with Crippen LogP contribution >= 0.6 is 11.6 Å². The molecule has 1 saturated heterocycles. The lowest BCUT2D eigenvalue weighted by Crippen LogP contribution is -2.40. The lowest BCUT2D eigenvalue weighted by Gasteiger charge is -2.31. The number of nitrogens with one attached hydrogen (secondary N) is 1. The molecule has 2 aromatic carbocycles. The highest BCUT2D eigenvalue weighted by molar-refractivity contribution is 6.32. The van der Waals surface area contributed by atoms with E-state index in [-0.39, 0.29) is 29.0 Å². The minimum atomic E-state index is -4.51. The molecular weight excluding hydrogens is 389 g/mol. The van der Waals surface area contributed by atoms with Gasteiger partial charge in [-0.25, -0.2) is 0 Å². The summed E-state index contributed by atoms with van der Waals surface area (Å²) in [5, 5.41) is 2.39. The summed E-state index contributed by atoms with van der Waals surface area (Å²) in [6.07, 6.45) is -3.05. The lowest BCUT2D eigenvalue weighted by atomic mass is 9.95. The van der Waals surface area contributed by atoms with E-state index in [0.717, 1.165) is 38.5 Å². The Bertz CT molecular complexity index is 803. The third-order valence-corrected chi connectivity index (χ3v) is 5.49. The van der Waals surface area contributed by atoms with Gasteiger partial charge in [0.15, 0.2) is 0 Å². The summed E-state index contributed by atoms with van der Waals surface area (Å²) in [5.41, 5.74) is 0.631. The Hall–Kier alpha value is -2.05. The van der Waals surface area contributed by atoms with Crippen LogP contribution in [0.2, 0.25) is 5.02 Å². The van der Waals surface area contributed by atoms with E-state index < -0.39 is 11.7 Å². The Kier molecular flexibility index (Phi) is 6.62. The van der Waals surface area contributed by atoms with Crippen LogP contribution in [0.5, 0.6) is 0 Å². The molecule has 150 valence electrons. The van der Waals surface area contributed by atoms with Gasteiger partial charge in [0, 0.05) is 19.0 Å². The zero-order valence-corrected chi connectivity index (χ0v) is 16.1. The normalized spacial score (nSPS) is 16.1. The van der Waals surface area contributed by atoms with Crippen LogP contribution in [0.15, 0.2) is 48.5 Å². The van der Waals surface area contributed by atoms with Gasteiger partial charge in [0.05, 0.1) is 10.6 Å². The van der Waals surface area contributed by atoms with Gasteiger partial charge in [0.25, 0.3) is 0 Å². The molecule has 0 atom stereocenters. The van der Waals surface area contributed by atoms with Crippen molar-refractivity contribution in [3.8, 4) is 0 Å². The van der Waals surface area contributed by atoms with Crippen molar-refractivity contribution >= 4 is 17.5 Å². The fourth-order valence-electron chi connectivity index (χ4n) is 3.46. The largest absolute Gasteiger partial charge is 0.417 e. The zero-order valence-electron chi connectivity index (χ0n) is 15.3. The molecule has 0 bridgehead atoms. The maximum atomic E-state index is 12.9. The monoisotopic (exact) mass is 410 g/mol. The molecule has 0 spiro atoms. The van der Waals surface area contributed by atoms with Gasteiger partial charge in [-0.15, -0.1) is 0 Å². The predicted molar refractivity (Wildman–Crippen MR) is 103 cm³/mol. The number of benzene rings is 2. The van der Waals surface area contributed by atoms with E-state index in [0.29, 0.717) is 0 Å². The fourth-order valence-corrected chi connectivity index (χ4v) is 3.76. The molecule has 1 aliphatic heterocycles. The van der Waals surface area contributed by atoms with Crippen LogP contribution in [0.25, 0.3) is 0 Å². The number of piperidine rings is 1. The first-order chi connectivity index (χ1) is 13.3. The van der Waals surface area contributed by atoms with Crippen molar-refractivity contribution in [2.75, 3.05) is 13.1 Å². The van der Waals surface area contributed by atoms with E-state index in [1.165, 1.54) is 17.7 Å². The van der Waals surface area contributed by atoms with E-state index in [9.17, 15) is 18.0 Å². The summed E-state index contributed by atoms with van der Waals surface area (Å²) in [5.74, 6) is -0.260. The molecule has 1 heterocycles. The number of carbonyl (C=O) groups excluding carboxylic acids is 1. The standard InChI is InChI=1S/C21H22ClF3N2O/c22-19-17(7-4-8-18(19)21(23,24)25)13-26-20(28)16-9-11-27(12-10-16)14-15-5-2-1-3-6-15/h1-8,16H,9-14H2,(H,26,28). The van der Waals surface area contributed by atoms with Gasteiger partial charge < -0.3 is 5.32 Å². The third-order valence-electron chi connectivity index (χ3n) is 5.04. The van der Waals surface area contributed by atoms with Crippen molar-refractivity contribution in [1.82, 2.24) is 10.2 Å². The Labute approximate surface area is 167 Å². The van der Waals surface area contributed by atoms with Crippen LogP contribution in [0, 0.1) is 5.92 Å². The molecule has 7 heteroatoms. The molecule has 28 heavy (non-hydrogen) atoms. The Balaban J connectivity index is 1.50. The van der Waals surface area contributed by atoms with Gasteiger partial charge in [-0.3, -0.25) is 9.69 Å². The van der Waals surface area contributed by atoms with Gasteiger partial charge in [0.1, 0.15) is 0 Å². The Morgan fingerprint density at radius 3 is 2.39 bits per heavy atom. The first-order valence-electron chi connectivity index (χ1n) is 9.23. The van der Waals surface area contributed by atoms with Crippen LogP contribution in [0.1, 0.15) is 29.5 Å². The van der Waals surface area contributed by atoms with Gasteiger partial charge in [-0.05, 0) is 43.1 Å². The smallest absolute Gasteiger partial charge is 0.352 e. The van der Waals surface area contributed by atoms with E-state index >= 15 is 0 Å². The summed E-state index contributed by atoms with van der Waals surface area (Å²) in [6, 6.07) is 13.9. The predicted octanol–water partition coefficient (Wildman–Crippen LogP) is 4.89. The second-order valence-electron chi connectivity index (χ2n) is 7.03. The van der Waals surface area contributed by atoms with Crippen molar-refractivity contribution in [2.24, 2.45) is 5.92 Å². The second kappa shape index (κ2) is 8.97. The van der Waals surface area contributed by atoms with Crippen molar-refractivity contribution in [3.63, 3.8) is 0 Å². The van der Waals surface area contributed by atoms with E-state index in [1.54, 1.807) is 0 Å². The summed E-state index contributed by atoms with van der Waals surface area (Å²) in [6.45, 7) is 2.48. The second-order valence-corrected chi connectivity index (χ2v) is 7.41. The maximum Gasteiger partial charge on any atom is 0.417 e. The third kappa shape index (κ3) is 5.26. The first-order valence-corrected chi connectivity index (χ1v) is 9.61. The van der Waals surface area contributed by atoms with Crippen molar-refractivity contribution in [1.29, 1.82) is 0 Å². The molecule has 0 saturated carbocycles. The zero-order chi connectivity index (χ0) is 20.1. The Morgan fingerprint density at radius 1 is 1.07 bits per heavy atom. The van der Waals surface area contributed by atoms with Gasteiger partial charge in [-0.1, -0.05) is 54.1 Å². The molecule has 1 fully saturated rings. The highest BCUT2D eigenvalue weighted by Gasteiger charge is 2.34. The number of rotatable bonds is 5. The molecule has 0 aromatic heterocycles. The quantitative estimate of drug-likeness (QED) is 0.761. The molecule has 0 radical (unpaired) electrons. The van der Waals surface area contributed by atoms with Crippen LogP contribution in [-0.2, 0) is 24.1 Å². The van der Waals surface area contributed by atoms with E-state index in [1.807, 2.05) is 18.2 Å². The molecule has 1 amide bonds. The molecule has 1 N–H and O–H groups in total. The summed E-state index contributed by atoms with van der Waals surface area (Å²) >= 11 is 5.88. The SMILES string of the molecule is O=C(NCc1cccc(C(F)(F)F)c1Cl)C1CCN(Cc2ccccc2)CC1. The molecule has 3 nitrogen and oxygen atoms in total. The number of hydrogen-bond acceptors (Lipinski definition) is 2. The number of nitrogens with zero attached hydrogens (tertiary/aromatic N) is 1. The molecule has 0 unspecified atom stereocenters. The van der Waals surface area contributed by atoms with E-state index in [4.69, 9.17) is 11.6 Å². The highest BCUT2D eigenvalue weighted by Crippen LogP contribution is 2.36. The minimum absolute atomic E-state index is 0.00812. The molecular formula is C21H22ClF3N2O. The van der Waals surface area contributed by atoms with Crippen LogP contribution in [0.3, 0.4) is 0 Å². The van der Waals surface area contributed by atoms with Crippen LogP contribution in [-0.4, -0.2) is 23.9 Å². The van der Waals surface area contributed by atoms with Gasteiger partial charge >= 0.3 is 6.18 Å². The number of hydrogen-bond donors (Lipinski definition) is 1. The highest BCUT2D eigenvalue weighted by atomic mass is 35.5. The van der Waals surface area contributed by atoms with Crippen molar-refractivity contribution < 1.29 is 18.0 Å². The summed E-state index contributed by atoms with van der Waals surface area (Å²) < 4.78 is 38.8. The first kappa shape index (κ1) is 20.7. The topological polar surface area (TPSA) is 32.3 Å². The number of halogens is 4. The van der Waals surface area contributed by atoms with Crippen LogP contribution < -0.4 is 5.32 Å². The van der Waals surface area contributed by atoms with Crippen LogP contribution in [0.4, 0.5) is 13.2 Å². The maximum absolute atomic E-state index is 12.9. The van der Waals surface area contributed by atoms with Gasteiger partial charge in [0.2, 0.25) is 5.91 Å².